The Morgan fingerprint density at radius 3 is 2.65 bits per heavy atom. The van der Waals surface area contributed by atoms with E-state index in [1.54, 1.807) is 0 Å². The zero-order chi connectivity index (χ0) is 13.8. The van der Waals surface area contributed by atoms with Gasteiger partial charge in [0.05, 0.1) is 0 Å². The smallest absolute Gasteiger partial charge is 0.0480 e. The summed E-state index contributed by atoms with van der Waals surface area (Å²) in [4.78, 5) is 1.47. The van der Waals surface area contributed by atoms with Crippen molar-refractivity contribution < 1.29 is 0 Å². The van der Waals surface area contributed by atoms with Gasteiger partial charge in [-0.3, -0.25) is 0 Å². The van der Waals surface area contributed by atoms with E-state index in [1.165, 1.54) is 61.9 Å². The van der Waals surface area contributed by atoms with Crippen molar-refractivity contribution in [3.8, 4) is 0 Å². The molecule has 2 unspecified atom stereocenters. The average molecular weight is 289 g/mol. The van der Waals surface area contributed by atoms with Crippen molar-refractivity contribution in [2.45, 2.75) is 74.5 Å². The SMILES string of the molecule is CCC1CCCC1Nc1ccccc1SC1CCCC1. The van der Waals surface area contributed by atoms with Gasteiger partial charge in [0.2, 0.25) is 0 Å². The molecule has 0 bridgehead atoms. The minimum Gasteiger partial charge on any atom is -0.381 e. The molecule has 0 heterocycles. The highest BCUT2D eigenvalue weighted by Gasteiger charge is 2.26. The van der Waals surface area contributed by atoms with Gasteiger partial charge in [0.25, 0.3) is 0 Å². The summed E-state index contributed by atoms with van der Waals surface area (Å²) in [6, 6.07) is 9.65. The van der Waals surface area contributed by atoms with Crippen molar-refractivity contribution in [3.63, 3.8) is 0 Å². The van der Waals surface area contributed by atoms with Gasteiger partial charge in [-0.1, -0.05) is 44.7 Å². The zero-order valence-corrected chi connectivity index (χ0v) is 13.4. The molecule has 0 radical (unpaired) electrons. The molecule has 2 aliphatic carbocycles. The molecule has 3 rings (SSSR count). The molecule has 0 saturated heterocycles. The lowest BCUT2D eigenvalue weighted by Crippen LogP contribution is -2.23. The fraction of sp³-hybridized carbons (Fsp3) is 0.667. The average Bonchev–Trinajstić information content (AvgIpc) is 3.12. The number of thioether (sulfide) groups is 1. The summed E-state index contributed by atoms with van der Waals surface area (Å²) < 4.78 is 0. The predicted molar refractivity (Wildman–Crippen MR) is 89.6 cm³/mol. The van der Waals surface area contributed by atoms with Crippen LogP contribution in [0.2, 0.25) is 0 Å². The van der Waals surface area contributed by atoms with Gasteiger partial charge >= 0.3 is 0 Å². The number of nitrogens with one attached hydrogen (secondary N) is 1. The molecule has 0 amide bonds. The Labute approximate surface area is 127 Å². The Bertz CT molecular complexity index is 425. The topological polar surface area (TPSA) is 12.0 Å². The van der Waals surface area contributed by atoms with Gasteiger partial charge in [-0.15, -0.1) is 11.8 Å². The molecule has 1 nitrogen and oxygen atoms in total. The third kappa shape index (κ3) is 3.33. The quantitative estimate of drug-likeness (QED) is 0.745. The number of benzene rings is 1. The number of hydrogen-bond acceptors (Lipinski definition) is 2. The van der Waals surface area contributed by atoms with Crippen LogP contribution in [-0.4, -0.2) is 11.3 Å². The Morgan fingerprint density at radius 2 is 1.85 bits per heavy atom. The summed E-state index contributed by atoms with van der Waals surface area (Å²) in [6.45, 7) is 2.34. The molecule has 2 fully saturated rings. The highest BCUT2D eigenvalue weighted by atomic mass is 32.2. The van der Waals surface area contributed by atoms with Crippen LogP contribution in [0.4, 0.5) is 5.69 Å². The third-order valence-electron chi connectivity index (χ3n) is 5.01. The summed E-state index contributed by atoms with van der Waals surface area (Å²) in [6.07, 6.45) is 11.1. The standard InChI is InChI=1S/C18H27NS/c1-2-14-8-7-12-16(14)19-17-11-5-6-13-18(17)20-15-9-3-4-10-15/h5-6,11,13-16,19H,2-4,7-10,12H2,1H3. The fourth-order valence-corrected chi connectivity index (χ4v) is 5.13. The summed E-state index contributed by atoms with van der Waals surface area (Å²) in [5, 5.41) is 4.71. The Kier molecular flexibility index (Phi) is 4.93. The van der Waals surface area contributed by atoms with Gasteiger partial charge < -0.3 is 5.32 Å². The first-order chi connectivity index (χ1) is 9.86. The second-order valence-electron chi connectivity index (χ2n) is 6.37. The molecule has 2 heteroatoms. The molecule has 0 aliphatic heterocycles. The molecule has 2 aliphatic rings. The molecule has 110 valence electrons. The Hall–Kier alpha value is -0.630. The number of hydrogen-bond donors (Lipinski definition) is 1. The lowest BCUT2D eigenvalue weighted by molar-refractivity contribution is 0.488. The molecule has 0 aromatic heterocycles. The van der Waals surface area contributed by atoms with Crippen molar-refractivity contribution in [3.05, 3.63) is 24.3 Å². The van der Waals surface area contributed by atoms with Crippen LogP contribution in [0.1, 0.15) is 58.3 Å². The molecule has 2 atom stereocenters. The van der Waals surface area contributed by atoms with Crippen LogP contribution in [0, 0.1) is 5.92 Å². The lowest BCUT2D eigenvalue weighted by atomic mass is 10.0. The third-order valence-corrected chi connectivity index (χ3v) is 6.42. The maximum Gasteiger partial charge on any atom is 0.0480 e. The van der Waals surface area contributed by atoms with E-state index in [0.29, 0.717) is 6.04 Å². The van der Waals surface area contributed by atoms with Gasteiger partial charge in [0.1, 0.15) is 0 Å². The fourth-order valence-electron chi connectivity index (χ4n) is 3.79. The van der Waals surface area contributed by atoms with Crippen molar-refractivity contribution in [2.75, 3.05) is 5.32 Å². The number of para-hydroxylation sites is 1. The van der Waals surface area contributed by atoms with Gasteiger partial charge in [-0.25, -0.2) is 0 Å². The van der Waals surface area contributed by atoms with Crippen molar-refractivity contribution in [2.24, 2.45) is 5.92 Å². The van der Waals surface area contributed by atoms with E-state index >= 15 is 0 Å². The maximum absolute atomic E-state index is 3.86. The van der Waals surface area contributed by atoms with Crippen LogP contribution in [-0.2, 0) is 0 Å². The molecule has 0 spiro atoms. The Morgan fingerprint density at radius 1 is 1.05 bits per heavy atom. The molecular formula is C18H27NS. The molecular weight excluding hydrogens is 262 g/mol. The van der Waals surface area contributed by atoms with E-state index in [4.69, 9.17) is 0 Å². The minimum atomic E-state index is 0.699. The van der Waals surface area contributed by atoms with Crippen LogP contribution in [0.15, 0.2) is 29.2 Å². The second kappa shape index (κ2) is 6.89. The van der Waals surface area contributed by atoms with E-state index in [2.05, 4.69) is 48.3 Å². The molecule has 1 N–H and O–H groups in total. The zero-order valence-electron chi connectivity index (χ0n) is 12.6. The van der Waals surface area contributed by atoms with E-state index in [-0.39, 0.29) is 0 Å². The highest BCUT2D eigenvalue weighted by Crippen LogP contribution is 2.39. The molecule has 1 aromatic rings. The van der Waals surface area contributed by atoms with Crippen LogP contribution in [0.25, 0.3) is 0 Å². The predicted octanol–water partition coefficient (Wildman–Crippen LogP) is 5.71. The van der Waals surface area contributed by atoms with E-state index in [9.17, 15) is 0 Å². The van der Waals surface area contributed by atoms with Gasteiger partial charge in [-0.05, 0) is 43.7 Å². The Balaban J connectivity index is 1.68. The minimum absolute atomic E-state index is 0.699. The van der Waals surface area contributed by atoms with E-state index in [0.717, 1.165) is 11.2 Å². The summed E-state index contributed by atoms with van der Waals surface area (Å²) in [5.74, 6) is 0.875. The first-order valence-corrected chi connectivity index (χ1v) is 9.27. The monoisotopic (exact) mass is 289 g/mol. The first-order valence-electron chi connectivity index (χ1n) is 8.39. The summed E-state index contributed by atoms with van der Waals surface area (Å²) >= 11 is 2.11. The van der Waals surface area contributed by atoms with E-state index in [1.807, 2.05) is 0 Å². The number of rotatable bonds is 5. The van der Waals surface area contributed by atoms with Gasteiger partial charge in [0, 0.05) is 21.9 Å². The van der Waals surface area contributed by atoms with Crippen molar-refractivity contribution in [1.82, 2.24) is 0 Å². The molecule has 1 aromatic carbocycles. The summed E-state index contributed by atoms with van der Waals surface area (Å²) in [7, 11) is 0. The van der Waals surface area contributed by atoms with Crippen LogP contribution < -0.4 is 5.32 Å². The maximum atomic E-state index is 3.86. The van der Waals surface area contributed by atoms with E-state index < -0.39 is 0 Å². The van der Waals surface area contributed by atoms with Crippen LogP contribution in [0.5, 0.6) is 0 Å². The first kappa shape index (κ1) is 14.3. The van der Waals surface area contributed by atoms with Crippen molar-refractivity contribution in [1.29, 1.82) is 0 Å². The normalized spacial score (nSPS) is 27.1. The number of anilines is 1. The molecule has 20 heavy (non-hydrogen) atoms. The second-order valence-corrected chi connectivity index (χ2v) is 7.71. The van der Waals surface area contributed by atoms with Gasteiger partial charge in [-0.2, -0.15) is 0 Å². The lowest BCUT2D eigenvalue weighted by Gasteiger charge is -2.23. The van der Waals surface area contributed by atoms with Gasteiger partial charge in [0.15, 0.2) is 0 Å². The largest absolute Gasteiger partial charge is 0.381 e. The summed E-state index contributed by atoms with van der Waals surface area (Å²) in [5.41, 5.74) is 1.38. The van der Waals surface area contributed by atoms with Crippen LogP contribution in [0.3, 0.4) is 0 Å². The highest BCUT2D eigenvalue weighted by molar-refractivity contribution is 8.00. The molecule has 2 saturated carbocycles. The van der Waals surface area contributed by atoms with Crippen molar-refractivity contribution >= 4 is 17.4 Å². The van der Waals surface area contributed by atoms with Crippen LogP contribution >= 0.6 is 11.8 Å².